The molecule has 2 aliphatic rings. The predicted octanol–water partition coefficient (Wildman–Crippen LogP) is 3.24. The minimum atomic E-state index is -0.653. The van der Waals surface area contributed by atoms with Crippen molar-refractivity contribution in [3.05, 3.63) is 77.1 Å². The Balaban J connectivity index is 1.13. The van der Waals surface area contributed by atoms with Crippen LogP contribution < -0.4 is 5.32 Å². The summed E-state index contributed by atoms with van der Waals surface area (Å²) in [6.07, 6.45) is 4.44. The molecule has 3 heterocycles. The molecule has 1 aromatic heterocycles. The third-order valence-electron chi connectivity index (χ3n) is 6.86. The highest BCUT2D eigenvalue weighted by Gasteiger charge is 2.29. The van der Waals surface area contributed by atoms with Gasteiger partial charge in [-0.1, -0.05) is 6.07 Å². The number of amides is 1. The molecule has 2 aromatic carbocycles. The molecular formula is C26H28N4O4. The second-order valence-corrected chi connectivity index (χ2v) is 8.96. The fourth-order valence-electron chi connectivity index (χ4n) is 4.81. The van der Waals surface area contributed by atoms with Crippen molar-refractivity contribution in [3.63, 3.8) is 0 Å². The van der Waals surface area contributed by atoms with E-state index in [4.69, 9.17) is 4.74 Å². The Labute approximate surface area is 198 Å². The number of hydrogen-bond acceptors (Lipinski definition) is 6. The molecule has 2 aliphatic heterocycles. The Kier molecular flexibility index (Phi) is 6.17. The molecule has 8 heteroatoms. The number of piperidine rings is 1. The Bertz CT molecular complexity index is 1180. The fourth-order valence-corrected chi connectivity index (χ4v) is 4.81. The second kappa shape index (κ2) is 9.40. The van der Waals surface area contributed by atoms with Crippen LogP contribution in [0.15, 0.2) is 54.9 Å². The van der Waals surface area contributed by atoms with Gasteiger partial charge in [-0.3, -0.25) is 4.79 Å². The Morgan fingerprint density at radius 3 is 2.68 bits per heavy atom. The SMILES string of the molecule is Cc1c([C@@H](O)CN2CCC(C(=O)Nc3ccc(-n4cccn4)cc3)CC2)ccc2c1COC2=O. The highest BCUT2D eigenvalue weighted by Crippen LogP contribution is 2.30. The maximum absolute atomic E-state index is 12.8. The van der Waals surface area contributed by atoms with Crippen LogP contribution >= 0.6 is 0 Å². The van der Waals surface area contributed by atoms with Gasteiger partial charge in [-0.05, 0) is 80.4 Å². The molecule has 1 atom stereocenters. The number of anilines is 1. The number of aliphatic hydroxyl groups is 1. The summed E-state index contributed by atoms with van der Waals surface area (Å²) >= 11 is 0. The zero-order valence-electron chi connectivity index (χ0n) is 19.1. The molecule has 1 saturated heterocycles. The van der Waals surface area contributed by atoms with Crippen molar-refractivity contribution < 1.29 is 19.4 Å². The average Bonchev–Trinajstić information content (AvgIpc) is 3.51. The van der Waals surface area contributed by atoms with Gasteiger partial charge in [0.2, 0.25) is 5.91 Å². The van der Waals surface area contributed by atoms with Crippen molar-refractivity contribution in [2.45, 2.75) is 32.5 Å². The van der Waals surface area contributed by atoms with Gasteiger partial charge in [-0.25, -0.2) is 9.48 Å². The zero-order valence-corrected chi connectivity index (χ0v) is 19.1. The number of nitrogens with one attached hydrogen (secondary N) is 1. The van der Waals surface area contributed by atoms with Gasteiger partial charge in [0.05, 0.1) is 17.4 Å². The lowest BCUT2D eigenvalue weighted by Crippen LogP contribution is -2.40. The molecule has 1 amide bonds. The number of aromatic nitrogens is 2. The average molecular weight is 461 g/mol. The maximum Gasteiger partial charge on any atom is 0.338 e. The smallest absolute Gasteiger partial charge is 0.338 e. The van der Waals surface area contributed by atoms with E-state index in [1.165, 1.54) is 0 Å². The van der Waals surface area contributed by atoms with E-state index in [1.807, 2.05) is 49.5 Å². The Hall–Kier alpha value is -3.49. The number of carbonyl (C=O) groups is 2. The Morgan fingerprint density at radius 2 is 1.97 bits per heavy atom. The first-order chi connectivity index (χ1) is 16.5. The van der Waals surface area contributed by atoms with Gasteiger partial charge >= 0.3 is 5.97 Å². The van der Waals surface area contributed by atoms with E-state index in [0.29, 0.717) is 12.1 Å². The molecule has 34 heavy (non-hydrogen) atoms. The molecule has 3 aromatic rings. The lowest BCUT2D eigenvalue weighted by Gasteiger charge is -2.33. The normalized spacial score (nSPS) is 17.3. The lowest BCUT2D eigenvalue weighted by molar-refractivity contribution is -0.121. The largest absolute Gasteiger partial charge is 0.457 e. The molecule has 0 radical (unpaired) electrons. The summed E-state index contributed by atoms with van der Waals surface area (Å²) < 4.78 is 6.89. The van der Waals surface area contributed by atoms with E-state index >= 15 is 0 Å². The summed E-state index contributed by atoms with van der Waals surface area (Å²) in [4.78, 5) is 26.7. The number of rotatable bonds is 6. The van der Waals surface area contributed by atoms with Gasteiger partial charge in [0.1, 0.15) is 6.61 Å². The molecule has 8 nitrogen and oxygen atoms in total. The number of likely N-dealkylation sites (tertiary alicyclic amines) is 1. The van der Waals surface area contributed by atoms with E-state index in [9.17, 15) is 14.7 Å². The summed E-state index contributed by atoms with van der Waals surface area (Å²) in [5.41, 5.74) is 4.92. The van der Waals surface area contributed by atoms with Gasteiger partial charge in [0, 0.05) is 36.1 Å². The fraction of sp³-hybridized carbons (Fsp3) is 0.346. The quantitative estimate of drug-likeness (QED) is 0.549. The van der Waals surface area contributed by atoms with Crippen LogP contribution in [0.4, 0.5) is 5.69 Å². The van der Waals surface area contributed by atoms with Gasteiger partial charge < -0.3 is 20.1 Å². The van der Waals surface area contributed by atoms with E-state index in [1.54, 1.807) is 16.9 Å². The van der Waals surface area contributed by atoms with Crippen LogP contribution in [-0.4, -0.2) is 51.3 Å². The highest BCUT2D eigenvalue weighted by atomic mass is 16.5. The van der Waals surface area contributed by atoms with Crippen molar-refractivity contribution in [3.8, 4) is 5.69 Å². The van der Waals surface area contributed by atoms with E-state index in [-0.39, 0.29) is 24.4 Å². The van der Waals surface area contributed by atoms with E-state index in [0.717, 1.165) is 54.0 Å². The van der Waals surface area contributed by atoms with Crippen LogP contribution in [-0.2, 0) is 16.1 Å². The number of hydrogen-bond donors (Lipinski definition) is 2. The summed E-state index contributed by atoms with van der Waals surface area (Å²) in [6.45, 7) is 4.19. The van der Waals surface area contributed by atoms with Crippen molar-refractivity contribution in [2.24, 2.45) is 5.92 Å². The standard InChI is InChI=1S/C26H28N4O4/c1-17-21(7-8-22-23(17)16-34-26(22)33)24(31)15-29-13-9-18(10-14-29)25(32)28-19-3-5-20(6-4-19)30-12-2-11-27-30/h2-8,11-12,18,24,31H,9-10,13-16H2,1H3,(H,28,32)/t24-/m0/s1. The van der Waals surface area contributed by atoms with Crippen molar-refractivity contribution in [1.82, 2.24) is 14.7 Å². The van der Waals surface area contributed by atoms with Crippen LogP contribution in [0.2, 0.25) is 0 Å². The number of carbonyl (C=O) groups excluding carboxylic acids is 2. The van der Waals surface area contributed by atoms with Crippen LogP contribution in [0, 0.1) is 12.8 Å². The van der Waals surface area contributed by atoms with Gasteiger partial charge in [0.15, 0.2) is 0 Å². The van der Waals surface area contributed by atoms with E-state index in [2.05, 4.69) is 15.3 Å². The first-order valence-corrected chi connectivity index (χ1v) is 11.6. The second-order valence-electron chi connectivity index (χ2n) is 8.96. The van der Waals surface area contributed by atoms with Crippen LogP contribution in [0.5, 0.6) is 0 Å². The summed E-state index contributed by atoms with van der Waals surface area (Å²) in [5, 5.41) is 18.1. The molecule has 1 fully saturated rings. The maximum atomic E-state index is 12.8. The van der Waals surface area contributed by atoms with E-state index < -0.39 is 6.10 Å². The van der Waals surface area contributed by atoms with Crippen LogP contribution in [0.25, 0.3) is 5.69 Å². The summed E-state index contributed by atoms with van der Waals surface area (Å²) in [7, 11) is 0. The number of nitrogens with zero attached hydrogens (tertiary/aromatic N) is 3. The number of β-amino-alcohol motifs (C(OH)–C–C–N with tert-alkyl or cyclic N) is 1. The molecular weight excluding hydrogens is 432 g/mol. The van der Waals surface area contributed by atoms with Crippen molar-refractivity contribution >= 4 is 17.6 Å². The highest BCUT2D eigenvalue weighted by molar-refractivity contribution is 5.94. The first-order valence-electron chi connectivity index (χ1n) is 11.6. The number of aliphatic hydroxyl groups excluding tert-OH is 1. The van der Waals surface area contributed by atoms with Crippen molar-refractivity contribution in [1.29, 1.82) is 0 Å². The van der Waals surface area contributed by atoms with Gasteiger partial charge in [0.25, 0.3) is 0 Å². The molecule has 0 aliphatic carbocycles. The minimum absolute atomic E-state index is 0.0335. The topological polar surface area (TPSA) is 96.7 Å². The lowest BCUT2D eigenvalue weighted by atomic mass is 9.93. The van der Waals surface area contributed by atoms with Gasteiger partial charge in [-0.15, -0.1) is 0 Å². The molecule has 2 N–H and O–H groups in total. The monoisotopic (exact) mass is 460 g/mol. The molecule has 0 spiro atoms. The molecule has 0 saturated carbocycles. The predicted molar refractivity (Wildman–Crippen MR) is 127 cm³/mol. The Morgan fingerprint density at radius 1 is 1.21 bits per heavy atom. The molecule has 0 bridgehead atoms. The number of benzene rings is 2. The zero-order chi connectivity index (χ0) is 23.7. The first kappa shape index (κ1) is 22.3. The minimum Gasteiger partial charge on any atom is -0.457 e. The molecule has 176 valence electrons. The summed E-state index contributed by atoms with van der Waals surface area (Å²) in [6, 6.07) is 13.1. The molecule has 5 rings (SSSR count). The third kappa shape index (κ3) is 4.47. The summed E-state index contributed by atoms with van der Waals surface area (Å²) in [5.74, 6) is -0.316. The van der Waals surface area contributed by atoms with Gasteiger partial charge in [-0.2, -0.15) is 5.10 Å². The third-order valence-corrected chi connectivity index (χ3v) is 6.86. The number of ether oxygens (including phenoxy) is 1. The van der Waals surface area contributed by atoms with Crippen LogP contribution in [0.3, 0.4) is 0 Å². The number of esters is 1. The van der Waals surface area contributed by atoms with Crippen molar-refractivity contribution in [2.75, 3.05) is 25.0 Å². The number of fused-ring (bicyclic) bond motifs is 1. The van der Waals surface area contributed by atoms with Crippen LogP contribution in [0.1, 0.15) is 46.0 Å². The molecule has 0 unspecified atom stereocenters. The number of cyclic esters (lactones) is 1.